The Morgan fingerprint density at radius 2 is 2.17 bits per heavy atom. The fourth-order valence-electron chi connectivity index (χ4n) is 1.62. The van der Waals surface area contributed by atoms with Crippen molar-refractivity contribution in [2.45, 2.75) is 6.54 Å². The van der Waals surface area contributed by atoms with Gasteiger partial charge < -0.3 is 5.73 Å². The Bertz CT molecular complexity index is 654. The van der Waals surface area contributed by atoms with Gasteiger partial charge in [-0.15, -0.1) is 0 Å². The molecule has 1 heterocycles. The van der Waals surface area contributed by atoms with Crippen molar-refractivity contribution in [1.29, 1.82) is 0 Å². The van der Waals surface area contributed by atoms with Crippen LogP contribution >= 0.6 is 11.6 Å². The van der Waals surface area contributed by atoms with Crippen molar-refractivity contribution in [3.63, 3.8) is 0 Å². The highest BCUT2D eigenvalue weighted by Gasteiger charge is 2.10. The van der Waals surface area contributed by atoms with E-state index in [0.717, 1.165) is 0 Å². The summed E-state index contributed by atoms with van der Waals surface area (Å²) in [6.45, 7) is 0.174. The summed E-state index contributed by atoms with van der Waals surface area (Å²) in [5, 5.41) is 4.13. The molecule has 0 amide bonds. The topological polar surface area (TPSA) is 60.9 Å². The lowest BCUT2D eigenvalue weighted by atomic mass is 10.1. The minimum Gasteiger partial charge on any atom is -0.326 e. The first-order valence-electron chi connectivity index (χ1n) is 5.25. The molecule has 0 fully saturated rings. The molecule has 0 aliphatic rings. The summed E-state index contributed by atoms with van der Waals surface area (Å²) in [7, 11) is 1.54. The van der Waals surface area contributed by atoms with E-state index in [0.29, 0.717) is 16.8 Å². The van der Waals surface area contributed by atoms with Crippen molar-refractivity contribution in [3.05, 3.63) is 51.0 Å². The highest BCUT2D eigenvalue weighted by Crippen LogP contribution is 2.25. The maximum absolute atomic E-state index is 13.1. The van der Waals surface area contributed by atoms with Gasteiger partial charge in [0.25, 0.3) is 5.56 Å². The van der Waals surface area contributed by atoms with Crippen LogP contribution in [-0.2, 0) is 13.6 Å². The summed E-state index contributed by atoms with van der Waals surface area (Å²) in [6.07, 6.45) is 0. The van der Waals surface area contributed by atoms with E-state index in [2.05, 4.69) is 5.10 Å². The number of nitrogens with two attached hydrogens (primary N) is 1. The van der Waals surface area contributed by atoms with Crippen LogP contribution in [0.25, 0.3) is 11.3 Å². The molecule has 1 aromatic carbocycles. The second-order valence-corrected chi connectivity index (χ2v) is 4.22. The average molecular weight is 268 g/mol. The molecule has 0 saturated carbocycles. The van der Waals surface area contributed by atoms with E-state index >= 15 is 0 Å². The van der Waals surface area contributed by atoms with Crippen LogP contribution in [0.4, 0.5) is 4.39 Å². The molecule has 0 aliphatic heterocycles. The number of hydrogen-bond donors (Lipinski definition) is 1. The molecule has 0 saturated heterocycles. The minimum atomic E-state index is -0.500. The normalized spacial score (nSPS) is 10.7. The van der Waals surface area contributed by atoms with E-state index < -0.39 is 5.82 Å². The fourth-order valence-corrected chi connectivity index (χ4v) is 1.80. The predicted octanol–water partition coefficient (Wildman–Crippen LogP) is 1.70. The second kappa shape index (κ2) is 4.88. The Balaban J connectivity index is 2.66. The molecule has 0 spiro atoms. The lowest BCUT2D eigenvalue weighted by Gasteiger charge is -2.09. The van der Waals surface area contributed by atoms with Crippen LogP contribution < -0.4 is 11.3 Å². The molecule has 0 radical (unpaired) electrons. The molecule has 0 unspecified atom stereocenters. The molecule has 0 aliphatic carbocycles. The Morgan fingerprint density at radius 3 is 2.78 bits per heavy atom. The van der Waals surface area contributed by atoms with Crippen LogP contribution in [0.5, 0.6) is 0 Å². The average Bonchev–Trinajstić information content (AvgIpc) is 2.35. The van der Waals surface area contributed by atoms with Crippen LogP contribution in [0.3, 0.4) is 0 Å². The molecule has 18 heavy (non-hydrogen) atoms. The van der Waals surface area contributed by atoms with Crippen molar-refractivity contribution in [3.8, 4) is 11.3 Å². The third-order valence-corrected chi connectivity index (χ3v) is 2.87. The summed E-state index contributed by atoms with van der Waals surface area (Å²) in [4.78, 5) is 11.5. The van der Waals surface area contributed by atoms with Crippen molar-refractivity contribution in [2.75, 3.05) is 0 Å². The van der Waals surface area contributed by atoms with Crippen LogP contribution in [-0.4, -0.2) is 9.78 Å². The lowest BCUT2D eigenvalue weighted by Crippen LogP contribution is -2.21. The number of aromatic nitrogens is 2. The van der Waals surface area contributed by atoms with E-state index in [1.165, 1.54) is 29.9 Å². The molecule has 2 rings (SSSR count). The van der Waals surface area contributed by atoms with E-state index in [1.54, 1.807) is 6.07 Å². The number of hydrogen-bond acceptors (Lipinski definition) is 3. The molecule has 2 N–H and O–H groups in total. The van der Waals surface area contributed by atoms with Crippen LogP contribution in [0.1, 0.15) is 5.56 Å². The number of halogens is 2. The Hall–Kier alpha value is -1.72. The third-order valence-electron chi connectivity index (χ3n) is 2.58. The summed E-state index contributed by atoms with van der Waals surface area (Å²) in [6, 6.07) is 5.68. The second-order valence-electron chi connectivity index (χ2n) is 3.81. The van der Waals surface area contributed by atoms with Gasteiger partial charge in [0.2, 0.25) is 0 Å². The summed E-state index contributed by atoms with van der Waals surface area (Å²) < 4.78 is 14.3. The molecular weight excluding hydrogens is 257 g/mol. The van der Waals surface area contributed by atoms with E-state index in [-0.39, 0.29) is 17.1 Å². The van der Waals surface area contributed by atoms with Crippen molar-refractivity contribution in [1.82, 2.24) is 9.78 Å². The zero-order valence-corrected chi connectivity index (χ0v) is 10.4. The van der Waals surface area contributed by atoms with E-state index in [9.17, 15) is 9.18 Å². The zero-order valence-electron chi connectivity index (χ0n) is 9.65. The fraction of sp³-hybridized carbons (Fsp3) is 0.167. The first kappa shape index (κ1) is 12.7. The molecule has 0 bridgehead atoms. The van der Waals surface area contributed by atoms with Crippen LogP contribution in [0.15, 0.2) is 29.1 Å². The molecular formula is C12H11ClFN3O. The number of aryl methyl sites for hydroxylation is 1. The summed E-state index contributed by atoms with van der Waals surface area (Å²) in [5.74, 6) is -0.500. The lowest BCUT2D eigenvalue weighted by molar-refractivity contribution is 0.628. The monoisotopic (exact) mass is 267 g/mol. The van der Waals surface area contributed by atoms with Gasteiger partial charge in [-0.3, -0.25) is 4.79 Å². The quantitative estimate of drug-likeness (QED) is 0.901. The molecule has 2 aromatic rings. The molecule has 0 atom stereocenters. The highest BCUT2D eigenvalue weighted by molar-refractivity contribution is 6.31. The molecule has 4 nitrogen and oxygen atoms in total. The van der Waals surface area contributed by atoms with Gasteiger partial charge in [-0.2, -0.15) is 5.10 Å². The van der Waals surface area contributed by atoms with Gasteiger partial charge in [0, 0.05) is 25.2 Å². The third kappa shape index (κ3) is 2.27. The van der Waals surface area contributed by atoms with Crippen molar-refractivity contribution >= 4 is 11.6 Å². The van der Waals surface area contributed by atoms with Gasteiger partial charge in [-0.05, 0) is 23.8 Å². The Kier molecular flexibility index (Phi) is 3.45. The largest absolute Gasteiger partial charge is 0.326 e. The van der Waals surface area contributed by atoms with Crippen LogP contribution in [0.2, 0.25) is 5.02 Å². The predicted molar refractivity (Wildman–Crippen MR) is 67.8 cm³/mol. The van der Waals surface area contributed by atoms with Crippen LogP contribution in [0, 0.1) is 5.82 Å². The first-order valence-corrected chi connectivity index (χ1v) is 5.63. The van der Waals surface area contributed by atoms with E-state index in [4.69, 9.17) is 17.3 Å². The maximum atomic E-state index is 13.1. The smallest absolute Gasteiger partial charge is 0.266 e. The van der Waals surface area contributed by atoms with Gasteiger partial charge >= 0.3 is 0 Å². The molecule has 6 heteroatoms. The minimum absolute atomic E-state index is 0.00567. The number of nitrogens with zero attached hydrogens (tertiary/aromatic N) is 2. The van der Waals surface area contributed by atoms with E-state index in [1.807, 2.05) is 0 Å². The van der Waals surface area contributed by atoms with Gasteiger partial charge in [0.05, 0.1) is 10.7 Å². The first-order chi connectivity index (χ1) is 8.52. The summed E-state index contributed by atoms with van der Waals surface area (Å²) in [5.41, 5.74) is 7.09. The van der Waals surface area contributed by atoms with Gasteiger partial charge in [-0.1, -0.05) is 11.6 Å². The Morgan fingerprint density at radius 1 is 1.44 bits per heavy atom. The van der Waals surface area contributed by atoms with Gasteiger partial charge in [0.1, 0.15) is 5.82 Å². The van der Waals surface area contributed by atoms with Crippen molar-refractivity contribution < 1.29 is 4.39 Å². The van der Waals surface area contributed by atoms with Crippen molar-refractivity contribution in [2.24, 2.45) is 12.8 Å². The molecule has 1 aromatic heterocycles. The zero-order chi connectivity index (χ0) is 13.3. The summed E-state index contributed by atoms with van der Waals surface area (Å²) >= 11 is 5.73. The standard InChI is InChI=1S/C12H11ClFN3O/c1-17-11(18)5-8(6-15)12(16-17)7-2-3-10(14)9(13)4-7/h2-5H,6,15H2,1H3. The number of rotatable bonds is 2. The number of benzene rings is 1. The molecule has 94 valence electrons. The maximum Gasteiger partial charge on any atom is 0.266 e. The Labute approximate surface area is 108 Å². The van der Waals surface area contributed by atoms with Gasteiger partial charge in [-0.25, -0.2) is 9.07 Å². The van der Waals surface area contributed by atoms with Gasteiger partial charge in [0.15, 0.2) is 0 Å². The highest BCUT2D eigenvalue weighted by atomic mass is 35.5. The SMILES string of the molecule is Cn1nc(-c2ccc(F)c(Cl)c2)c(CN)cc1=O.